The monoisotopic (exact) mass is 249 g/mol. The van der Waals surface area contributed by atoms with Gasteiger partial charge in [0, 0.05) is 19.5 Å². The molecule has 1 aromatic carbocycles. The predicted octanol–water partition coefficient (Wildman–Crippen LogP) is 2.27. The van der Waals surface area contributed by atoms with Crippen molar-refractivity contribution in [3.05, 3.63) is 29.3 Å². The molecule has 0 radical (unpaired) electrons. The Bertz CT molecular complexity index is 431. The summed E-state index contributed by atoms with van der Waals surface area (Å²) in [5.41, 5.74) is 2.68. The number of fused-ring (bicyclic) bond motifs is 1. The van der Waals surface area contributed by atoms with Crippen LogP contribution >= 0.6 is 0 Å². The third-order valence-corrected chi connectivity index (χ3v) is 3.32. The van der Waals surface area contributed by atoms with Crippen LogP contribution in [0.5, 0.6) is 5.75 Å². The fourth-order valence-corrected chi connectivity index (χ4v) is 2.34. The molecule has 1 aliphatic rings. The molecule has 0 aromatic heterocycles. The maximum Gasteiger partial charge on any atom is 0.303 e. The zero-order valence-corrected chi connectivity index (χ0v) is 10.7. The van der Waals surface area contributed by atoms with Gasteiger partial charge in [-0.25, -0.2) is 0 Å². The molecule has 0 unspecified atom stereocenters. The fraction of sp³-hybridized carbons (Fsp3) is 0.500. The van der Waals surface area contributed by atoms with Gasteiger partial charge in [0.25, 0.3) is 0 Å². The maximum absolute atomic E-state index is 10.4. The number of unbranched alkanes of at least 4 members (excludes halogenated alkanes) is 1. The van der Waals surface area contributed by atoms with Crippen LogP contribution in [0.25, 0.3) is 0 Å². The number of hydrogen-bond donors (Lipinski definition) is 1. The molecule has 0 aliphatic carbocycles. The molecule has 1 heterocycles. The highest BCUT2D eigenvalue weighted by molar-refractivity contribution is 5.66. The number of carboxylic acid groups (broad SMARTS) is 1. The number of carbonyl (C=O) groups is 1. The lowest BCUT2D eigenvalue weighted by atomic mass is 10.1. The Morgan fingerprint density at radius 3 is 2.83 bits per heavy atom. The summed E-state index contributed by atoms with van der Waals surface area (Å²) in [6, 6.07) is 6.20. The van der Waals surface area contributed by atoms with Crippen LogP contribution in [0, 0.1) is 0 Å². The van der Waals surface area contributed by atoms with E-state index in [1.165, 1.54) is 11.1 Å². The van der Waals surface area contributed by atoms with E-state index in [9.17, 15) is 4.79 Å². The Balaban J connectivity index is 1.80. The van der Waals surface area contributed by atoms with Crippen LogP contribution in [-0.2, 0) is 17.9 Å². The van der Waals surface area contributed by atoms with Crippen molar-refractivity contribution in [3.8, 4) is 5.75 Å². The van der Waals surface area contributed by atoms with E-state index in [0.717, 1.165) is 38.2 Å². The lowest BCUT2D eigenvalue weighted by molar-refractivity contribution is -0.137. The van der Waals surface area contributed by atoms with Crippen LogP contribution in [0.3, 0.4) is 0 Å². The predicted molar refractivity (Wildman–Crippen MR) is 68.6 cm³/mol. The number of nitrogens with zero attached hydrogens (tertiary/aromatic N) is 1. The molecule has 4 nitrogen and oxygen atoms in total. The van der Waals surface area contributed by atoms with Crippen molar-refractivity contribution in [3.63, 3.8) is 0 Å². The molecular formula is C14H19NO3. The molecule has 0 spiro atoms. The molecule has 0 bridgehead atoms. The van der Waals surface area contributed by atoms with Crippen LogP contribution in [0.2, 0.25) is 0 Å². The molecule has 1 aromatic rings. The smallest absolute Gasteiger partial charge is 0.303 e. The van der Waals surface area contributed by atoms with Crippen LogP contribution in [-0.4, -0.2) is 29.6 Å². The van der Waals surface area contributed by atoms with Crippen LogP contribution in [0.15, 0.2) is 18.2 Å². The van der Waals surface area contributed by atoms with Crippen molar-refractivity contribution >= 4 is 5.97 Å². The highest BCUT2D eigenvalue weighted by atomic mass is 16.5. The number of ether oxygens (including phenoxy) is 1. The Labute approximate surface area is 107 Å². The van der Waals surface area contributed by atoms with Crippen LogP contribution < -0.4 is 4.74 Å². The van der Waals surface area contributed by atoms with Crippen molar-refractivity contribution in [1.82, 2.24) is 4.90 Å². The first-order chi connectivity index (χ1) is 8.69. The molecule has 1 N–H and O–H groups in total. The second kappa shape index (κ2) is 5.87. The number of hydrogen-bond acceptors (Lipinski definition) is 3. The summed E-state index contributed by atoms with van der Waals surface area (Å²) in [5, 5.41) is 8.58. The average molecular weight is 249 g/mol. The fourth-order valence-electron chi connectivity index (χ4n) is 2.34. The first kappa shape index (κ1) is 12.9. The van der Waals surface area contributed by atoms with Crippen LogP contribution in [0.1, 0.15) is 30.4 Å². The van der Waals surface area contributed by atoms with Gasteiger partial charge in [-0.15, -0.1) is 0 Å². The van der Waals surface area contributed by atoms with Gasteiger partial charge in [0.15, 0.2) is 0 Å². The number of carboxylic acids is 1. The van der Waals surface area contributed by atoms with E-state index < -0.39 is 5.97 Å². The maximum atomic E-state index is 10.4. The van der Waals surface area contributed by atoms with Gasteiger partial charge in [0.2, 0.25) is 0 Å². The van der Waals surface area contributed by atoms with Gasteiger partial charge in [-0.3, -0.25) is 9.69 Å². The lowest BCUT2D eigenvalue weighted by Crippen LogP contribution is -2.17. The number of rotatable bonds is 6. The highest BCUT2D eigenvalue weighted by Crippen LogP contribution is 2.26. The van der Waals surface area contributed by atoms with E-state index in [1.807, 2.05) is 6.07 Å². The van der Waals surface area contributed by atoms with E-state index >= 15 is 0 Å². The summed E-state index contributed by atoms with van der Waals surface area (Å²) >= 11 is 0. The molecule has 18 heavy (non-hydrogen) atoms. The van der Waals surface area contributed by atoms with Crippen molar-refractivity contribution < 1.29 is 14.6 Å². The SMILES string of the molecule is COc1ccc2c(c1)CN(CCCCC(=O)O)C2. The molecule has 98 valence electrons. The minimum absolute atomic E-state index is 0.272. The second-order valence-corrected chi connectivity index (χ2v) is 4.70. The first-order valence-corrected chi connectivity index (χ1v) is 6.29. The van der Waals surface area contributed by atoms with Gasteiger partial charge in [-0.2, -0.15) is 0 Å². The van der Waals surface area contributed by atoms with Gasteiger partial charge in [0.05, 0.1) is 7.11 Å². The Morgan fingerprint density at radius 2 is 2.11 bits per heavy atom. The largest absolute Gasteiger partial charge is 0.497 e. The summed E-state index contributed by atoms with van der Waals surface area (Å²) in [5.74, 6) is 0.200. The highest BCUT2D eigenvalue weighted by Gasteiger charge is 2.18. The topological polar surface area (TPSA) is 49.8 Å². The zero-order chi connectivity index (χ0) is 13.0. The molecule has 0 saturated carbocycles. The summed E-state index contributed by atoms with van der Waals surface area (Å²) in [6.07, 6.45) is 1.97. The Kier molecular flexibility index (Phi) is 4.20. The molecule has 1 aliphatic heterocycles. The minimum Gasteiger partial charge on any atom is -0.497 e. The molecular weight excluding hydrogens is 230 g/mol. The number of aliphatic carboxylic acids is 1. The first-order valence-electron chi connectivity index (χ1n) is 6.29. The molecule has 0 atom stereocenters. The molecule has 0 amide bonds. The summed E-state index contributed by atoms with van der Waals surface area (Å²) in [4.78, 5) is 12.8. The van der Waals surface area contributed by atoms with E-state index in [0.29, 0.717) is 0 Å². The van der Waals surface area contributed by atoms with Gasteiger partial charge >= 0.3 is 5.97 Å². The van der Waals surface area contributed by atoms with Gasteiger partial charge in [0.1, 0.15) is 5.75 Å². The summed E-state index contributed by atoms with van der Waals surface area (Å²) in [6.45, 7) is 2.87. The third kappa shape index (κ3) is 3.23. The van der Waals surface area contributed by atoms with Crippen molar-refractivity contribution in [1.29, 1.82) is 0 Å². The van der Waals surface area contributed by atoms with Gasteiger partial charge < -0.3 is 9.84 Å². The molecule has 0 saturated heterocycles. The van der Waals surface area contributed by atoms with E-state index in [4.69, 9.17) is 9.84 Å². The number of methoxy groups -OCH3 is 1. The van der Waals surface area contributed by atoms with E-state index in [1.54, 1.807) is 7.11 Å². The standard InChI is InChI=1S/C14H19NO3/c1-18-13-6-5-11-9-15(10-12(11)8-13)7-3-2-4-14(16)17/h5-6,8H,2-4,7,9-10H2,1H3,(H,16,17). The summed E-state index contributed by atoms with van der Waals surface area (Å²) in [7, 11) is 1.68. The van der Waals surface area contributed by atoms with Crippen molar-refractivity contribution in [2.75, 3.05) is 13.7 Å². The zero-order valence-electron chi connectivity index (χ0n) is 10.7. The number of benzene rings is 1. The molecule has 0 fully saturated rings. The van der Waals surface area contributed by atoms with Crippen molar-refractivity contribution in [2.24, 2.45) is 0 Å². The Hall–Kier alpha value is -1.55. The lowest BCUT2D eigenvalue weighted by Gasteiger charge is -2.13. The van der Waals surface area contributed by atoms with Gasteiger partial charge in [-0.1, -0.05) is 6.07 Å². The average Bonchev–Trinajstić information content (AvgIpc) is 2.75. The van der Waals surface area contributed by atoms with Crippen molar-refractivity contribution in [2.45, 2.75) is 32.4 Å². The molecule has 2 rings (SSSR count). The quantitative estimate of drug-likeness (QED) is 0.786. The third-order valence-electron chi connectivity index (χ3n) is 3.32. The Morgan fingerprint density at radius 1 is 1.33 bits per heavy atom. The second-order valence-electron chi connectivity index (χ2n) is 4.70. The van der Waals surface area contributed by atoms with Gasteiger partial charge in [-0.05, 0) is 42.6 Å². The van der Waals surface area contributed by atoms with E-state index in [-0.39, 0.29) is 6.42 Å². The van der Waals surface area contributed by atoms with Crippen LogP contribution in [0.4, 0.5) is 0 Å². The normalized spacial score (nSPS) is 14.5. The minimum atomic E-state index is -0.704. The van der Waals surface area contributed by atoms with E-state index in [2.05, 4.69) is 17.0 Å². The summed E-state index contributed by atoms with van der Waals surface area (Å²) < 4.78 is 5.22. The molecule has 4 heteroatoms.